The molecule has 2 aromatic heterocycles. The molecule has 1 N–H and O–H groups in total. The van der Waals surface area contributed by atoms with Gasteiger partial charge in [0, 0.05) is 43.5 Å². The molecule has 0 unspecified atom stereocenters. The van der Waals surface area contributed by atoms with Crippen molar-refractivity contribution in [1.29, 1.82) is 0 Å². The van der Waals surface area contributed by atoms with Crippen molar-refractivity contribution in [2.24, 2.45) is 0 Å². The lowest BCUT2D eigenvalue weighted by molar-refractivity contribution is -0.137. The molecule has 36 heavy (non-hydrogen) atoms. The Kier molecular flexibility index (Phi) is 6.92. The summed E-state index contributed by atoms with van der Waals surface area (Å²) in [6.07, 6.45) is -2.99. The van der Waals surface area contributed by atoms with E-state index in [4.69, 9.17) is 11.6 Å². The molecule has 5 rings (SSSR count). The first-order valence-corrected chi connectivity index (χ1v) is 13.6. The molecule has 0 bridgehead atoms. The Hall–Kier alpha value is -2.34. The summed E-state index contributed by atoms with van der Waals surface area (Å²) >= 11 is 8.98. The van der Waals surface area contributed by atoms with Gasteiger partial charge >= 0.3 is 6.18 Å². The molecular formula is C24H23ClF3N5OS2. The van der Waals surface area contributed by atoms with Crippen LogP contribution in [-0.2, 0) is 19.1 Å². The minimum atomic E-state index is -4.66. The second-order valence-corrected chi connectivity index (χ2v) is 11.3. The number of halogens is 4. The number of thioether (sulfide) groups is 1. The second kappa shape index (κ2) is 9.85. The second-order valence-electron chi connectivity index (χ2n) is 8.68. The van der Waals surface area contributed by atoms with E-state index in [0.717, 1.165) is 54.7 Å². The van der Waals surface area contributed by atoms with Crippen molar-refractivity contribution in [3.63, 3.8) is 0 Å². The first-order valence-electron chi connectivity index (χ1n) is 11.4. The fraction of sp³-hybridized carbons (Fsp3) is 0.375. The Labute approximate surface area is 219 Å². The summed E-state index contributed by atoms with van der Waals surface area (Å²) in [6, 6.07) is 5.43. The summed E-state index contributed by atoms with van der Waals surface area (Å²) < 4.78 is 41.7. The van der Waals surface area contributed by atoms with Gasteiger partial charge in [0.25, 0.3) is 5.91 Å². The molecule has 190 valence electrons. The van der Waals surface area contributed by atoms with Crippen molar-refractivity contribution in [3.8, 4) is 10.6 Å². The van der Waals surface area contributed by atoms with Gasteiger partial charge in [-0.15, -0.1) is 23.1 Å². The van der Waals surface area contributed by atoms with Crippen molar-refractivity contribution < 1.29 is 18.0 Å². The zero-order chi connectivity index (χ0) is 25.6. The van der Waals surface area contributed by atoms with Crippen LogP contribution in [0, 0.1) is 0 Å². The Morgan fingerprint density at radius 1 is 1.19 bits per heavy atom. The lowest BCUT2D eigenvalue weighted by atomic mass is 9.99. The SMILES string of the molecule is CCN1CCc2cc(Cl)c(Nc3ncc(C(F)(F)F)c(-c4cc5c(s4)C(=O)N(C)CCS5)n3)cc2C1. The molecule has 0 atom stereocenters. The summed E-state index contributed by atoms with van der Waals surface area (Å²) in [6.45, 7) is 5.34. The van der Waals surface area contributed by atoms with Gasteiger partial charge in [-0.1, -0.05) is 18.5 Å². The molecule has 0 spiro atoms. The summed E-state index contributed by atoms with van der Waals surface area (Å²) in [5, 5.41) is 3.47. The number of hydrogen-bond donors (Lipinski definition) is 1. The molecule has 3 aromatic rings. The number of anilines is 2. The summed E-state index contributed by atoms with van der Waals surface area (Å²) in [5.74, 6) is 0.470. The van der Waals surface area contributed by atoms with E-state index in [1.54, 1.807) is 18.0 Å². The smallest absolute Gasteiger partial charge is 0.340 e. The first kappa shape index (κ1) is 25.3. The number of rotatable bonds is 4. The third-order valence-corrected chi connectivity index (χ3v) is 8.92. The molecule has 0 fully saturated rings. The minimum absolute atomic E-state index is 0.00250. The highest BCUT2D eigenvalue weighted by atomic mass is 35.5. The average molecular weight is 554 g/mol. The van der Waals surface area contributed by atoms with Crippen molar-refractivity contribution in [1.82, 2.24) is 19.8 Å². The Bertz CT molecular complexity index is 1330. The van der Waals surface area contributed by atoms with E-state index in [-0.39, 0.29) is 22.4 Å². The zero-order valence-electron chi connectivity index (χ0n) is 19.6. The molecule has 2 aliphatic rings. The Morgan fingerprint density at radius 2 is 2.00 bits per heavy atom. The average Bonchev–Trinajstić information content (AvgIpc) is 3.21. The van der Waals surface area contributed by atoms with Gasteiger partial charge in [-0.25, -0.2) is 9.97 Å². The van der Waals surface area contributed by atoms with Crippen LogP contribution in [0.3, 0.4) is 0 Å². The maximum Gasteiger partial charge on any atom is 0.420 e. The lowest BCUT2D eigenvalue weighted by Gasteiger charge is -2.28. The minimum Gasteiger partial charge on any atom is -0.340 e. The Morgan fingerprint density at radius 3 is 2.75 bits per heavy atom. The van der Waals surface area contributed by atoms with E-state index in [1.807, 2.05) is 12.1 Å². The number of aromatic nitrogens is 2. The van der Waals surface area contributed by atoms with E-state index in [9.17, 15) is 18.0 Å². The number of carbonyl (C=O) groups is 1. The van der Waals surface area contributed by atoms with E-state index in [1.165, 1.54) is 11.8 Å². The van der Waals surface area contributed by atoms with Gasteiger partial charge in [0.1, 0.15) is 10.4 Å². The molecule has 1 aromatic carbocycles. The van der Waals surface area contributed by atoms with Crippen LogP contribution >= 0.6 is 34.7 Å². The van der Waals surface area contributed by atoms with Crippen LogP contribution in [0.25, 0.3) is 10.6 Å². The largest absolute Gasteiger partial charge is 0.420 e. The molecule has 0 saturated carbocycles. The van der Waals surface area contributed by atoms with E-state index >= 15 is 0 Å². The van der Waals surface area contributed by atoms with Crippen LogP contribution in [0.5, 0.6) is 0 Å². The standard InChI is InChI=1S/C24H23ClF3N5OS2/c1-3-33-5-4-13-8-16(25)17(9-14(13)12-33)30-23-29-11-15(24(26,27)28)20(31-23)18-10-19-21(36-18)22(34)32(2)6-7-35-19/h8-11H,3-7,12H2,1-2H3,(H,29,30,31). The number of hydrogen-bond acceptors (Lipinski definition) is 7. The molecule has 12 heteroatoms. The zero-order valence-corrected chi connectivity index (χ0v) is 22.0. The predicted octanol–water partition coefficient (Wildman–Crippen LogP) is 6.18. The van der Waals surface area contributed by atoms with Gasteiger partial charge in [0.05, 0.1) is 21.3 Å². The number of likely N-dealkylation sites (N-methyl/N-ethyl adjacent to an activating group) is 1. The van der Waals surface area contributed by atoms with Crippen molar-refractivity contribution in [3.05, 3.63) is 51.0 Å². The van der Waals surface area contributed by atoms with Gasteiger partial charge in [0.2, 0.25) is 5.95 Å². The Balaban J connectivity index is 1.53. The summed E-state index contributed by atoms with van der Waals surface area (Å²) in [5.41, 5.74) is 1.60. The highest BCUT2D eigenvalue weighted by molar-refractivity contribution is 7.99. The quantitative estimate of drug-likeness (QED) is 0.416. The summed E-state index contributed by atoms with van der Waals surface area (Å²) in [4.78, 5) is 26.2. The van der Waals surface area contributed by atoms with Gasteiger partial charge in [0.15, 0.2) is 0 Å². The fourth-order valence-corrected chi connectivity index (χ4v) is 6.94. The van der Waals surface area contributed by atoms with Crippen LogP contribution in [-0.4, -0.2) is 58.1 Å². The fourth-order valence-electron chi connectivity index (χ4n) is 4.28. The van der Waals surface area contributed by atoms with Crippen molar-refractivity contribution >= 4 is 52.2 Å². The molecule has 0 radical (unpaired) electrons. The van der Waals surface area contributed by atoms with Crippen molar-refractivity contribution in [2.45, 2.75) is 31.0 Å². The molecule has 4 heterocycles. The number of nitrogens with one attached hydrogen (secondary N) is 1. The molecular weight excluding hydrogens is 531 g/mol. The highest BCUT2D eigenvalue weighted by Gasteiger charge is 2.37. The lowest BCUT2D eigenvalue weighted by Crippen LogP contribution is -2.30. The van der Waals surface area contributed by atoms with E-state index < -0.39 is 11.7 Å². The van der Waals surface area contributed by atoms with Crippen LogP contribution in [0.4, 0.5) is 24.8 Å². The molecule has 0 aliphatic carbocycles. The van der Waals surface area contributed by atoms with Crippen molar-refractivity contribution in [2.75, 3.05) is 37.8 Å². The van der Waals surface area contributed by atoms with E-state index in [0.29, 0.717) is 32.8 Å². The van der Waals surface area contributed by atoms with Crippen LogP contribution in [0.1, 0.15) is 33.3 Å². The highest BCUT2D eigenvalue weighted by Crippen LogP contribution is 2.43. The van der Waals surface area contributed by atoms with Crippen LogP contribution < -0.4 is 5.32 Å². The topological polar surface area (TPSA) is 61.4 Å². The maximum absolute atomic E-state index is 13.9. The third kappa shape index (κ3) is 4.93. The number of benzene rings is 1. The van der Waals surface area contributed by atoms with Gasteiger partial charge in [-0.2, -0.15) is 13.2 Å². The predicted molar refractivity (Wildman–Crippen MR) is 137 cm³/mol. The number of amides is 1. The number of fused-ring (bicyclic) bond motifs is 2. The monoisotopic (exact) mass is 553 g/mol. The number of alkyl halides is 3. The number of thiophene rings is 1. The van der Waals surface area contributed by atoms with Crippen LogP contribution in [0.2, 0.25) is 5.02 Å². The molecule has 6 nitrogen and oxygen atoms in total. The van der Waals surface area contributed by atoms with Gasteiger partial charge < -0.3 is 10.2 Å². The number of carbonyl (C=O) groups excluding carboxylic acids is 1. The van der Waals surface area contributed by atoms with E-state index in [2.05, 4.69) is 27.1 Å². The van der Waals surface area contributed by atoms with Crippen LogP contribution in [0.15, 0.2) is 29.3 Å². The van der Waals surface area contributed by atoms with Gasteiger partial charge in [-0.3, -0.25) is 9.69 Å². The number of nitrogens with zero attached hydrogens (tertiary/aromatic N) is 4. The normalized spacial score (nSPS) is 16.5. The molecule has 0 saturated heterocycles. The molecule has 1 amide bonds. The van der Waals surface area contributed by atoms with Gasteiger partial charge in [-0.05, 0) is 42.3 Å². The third-order valence-electron chi connectivity index (χ3n) is 6.33. The maximum atomic E-state index is 13.9. The molecule has 2 aliphatic heterocycles. The summed E-state index contributed by atoms with van der Waals surface area (Å²) in [7, 11) is 1.69. The first-order chi connectivity index (χ1) is 17.1.